The molecule has 0 saturated heterocycles. The number of ether oxygens (including phenoxy) is 1. The summed E-state index contributed by atoms with van der Waals surface area (Å²) in [7, 11) is 0. The summed E-state index contributed by atoms with van der Waals surface area (Å²) in [6, 6.07) is 0. The summed E-state index contributed by atoms with van der Waals surface area (Å²) >= 11 is 0. The fourth-order valence-electron chi connectivity index (χ4n) is 0.934. The van der Waals surface area contributed by atoms with Crippen LogP contribution in [-0.2, 0) is 4.74 Å². The van der Waals surface area contributed by atoms with Crippen LogP contribution in [0.5, 0.6) is 0 Å². The van der Waals surface area contributed by atoms with E-state index >= 15 is 0 Å². The highest BCUT2D eigenvalue weighted by atomic mass is 19.3. The van der Waals surface area contributed by atoms with E-state index in [1.807, 2.05) is 0 Å². The maximum atomic E-state index is 12.8. The second kappa shape index (κ2) is 5.25. The molecule has 0 aromatic carbocycles. The standard InChI is InChI=1S/C9H14F6O/c1-3-8(12,13)4-9(14,15)6-16-5-7(2,10)11/h3-6H2,1-2H3. The maximum Gasteiger partial charge on any atom is 0.276 e. The number of hydrogen-bond donors (Lipinski definition) is 0. The molecule has 0 heterocycles. The molecule has 7 heteroatoms. The first-order valence-corrected chi connectivity index (χ1v) is 4.69. The Balaban J connectivity index is 4.06. The normalized spacial score (nSPS) is 14.2. The van der Waals surface area contributed by atoms with Crippen molar-refractivity contribution in [3.8, 4) is 0 Å². The summed E-state index contributed by atoms with van der Waals surface area (Å²) in [5.41, 5.74) is 0. The lowest BCUT2D eigenvalue weighted by atomic mass is 10.1. The number of halogens is 6. The van der Waals surface area contributed by atoms with E-state index in [1.54, 1.807) is 0 Å². The molecule has 0 aliphatic rings. The van der Waals surface area contributed by atoms with Gasteiger partial charge in [0, 0.05) is 13.3 Å². The zero-order chi connectivity index (χ0) is 13.0. The van der Waals surface area contributed by atoms with E-state index in [2.05, 4.69) is 4.74 Å². The van der Waals surface area contributed by atoms with Crippen molar-refractivity contribution in [2.75, 3.05) is 13.2 Å². The van der Waals surface area contributed by atoms with Gasteiger partial charge in [-0.25, -0.2) is 26.3 Å². The fraction of sp³-hybridized carbons (Fsp3) is 1.00. The average Bonchev–Trinajstić information content (AvgIpc) is 1.99. The van der Waals surface area contributed by atoms with Crippen molar-refractivity contribution < 1.29 is 31.1 Å². The van der Waals surface area contributed by atoms with Crippen molar-refractivity contribution in [3.63, 3.8) is 0 Å². The van der Waals surface area contributed by atoms with Crippen LogP contribution in [-0.4, -0.2) is 31.0 Å². The van der Waals surface area contributed by atoms with Gasteiger partial charge in [0.25, 0.3) is 17.8 Å². The van der Waals surface area contributed by atoms with Crippen molar-refractivity contribution in [1.29, 1.82) is 0 Å². The van der Waals surface area contributed by atoms with Crippen molar-refractivity contribution in [2.45, 2.75) is 44.5 Å². The molecule has 0 bridgehead atoms. The highest BCUT2D eigenvalue weighted by molar-refractivity contribution is 4.76. The zero-order valence-corrected chi connectivity index (χ0v) is 9.00. The van der Waals surface area contributed by atoms with Crippen molar-refractivity contribution in [3.05, 3.63) is 0 Å². The van der Waals surface area contributed by atoms with Gasteiger partial charge in [0.1, 0.15) is 13.2 Å². The predicted molar refractivity (Wildman–Crippen MR) is 46.2 cm³/mol. The average molecular weight is 252 g/mol. The van der Waals surface area contributed by atoms with E-state index in [9.17, 15) is 26.3 Å². The van der Waals surface area contributed by atoms with Gasteiger partial charge < -0.3 is 4.74 Å². The van der Waals surface area contributed by atoms with Gasteiger partial charge in [-0.15, -0.1) is 0 Å². The van der Waals surface area contributed by atoms with Crippen LogP contribution < -0.4 is 0 Å². The molecule has 0 radical (unpaired) electrons. The maximum absolute atomic E-state index is 12.8. The van der Waals surface area contributed by atoms with Crippen molar-refractivity contribution in [1.82, 2.24) is 0 Å². The molecule has 0 atom stereocenters. The summed E-state index contributed by atoms with van der Waals surface area (Å²) in [4.78, 5) is 0. The molecular weight excluding hydrogens is 238 g/mol. The molecule has 0 aliphatic heterocycles. The Morgan fingerprint density at radius 3 is 1.75 bits per heavy atom. The number of hydrogen-bond acceptors (Lipinski definition) is 1. The quantitative estimate of drug-likeness (QED) is 0.627. The molecule has 0 aromatic rings. The predicted octanol–water partition coefficient (Wildman–Crippen LogP) is 3.73. The summed E-state index contributed by atoms with van der Waals surface area (Å²) in [5, 5.41) is 0. The Labute approximate surface area is 89.8 Å². The lowest BCUT2D eigenvalue weighted by molar-refractivity contribution is -0.160. The summed E-state index contributed by atoms with van der Waals surface area (Å²) in [6.07, 6.45) is -2.42. The molecule has 1 nitrogen and oxygen atoms in total. The number of rotatable bonds is 7. The van der Waals surface area contributed by atoms with E-state index < -0.39 is 43.8 Å². The van der Waals surface area contributed by atoms with Crippen molar-refractivity contribution >= 4 is 0 Å². The molecule has 0 rings (SSSR count). The molecular formula is C9H14F6O. The monoisotopic (exact) mass is 252 g/mol. The first kappa shape index (κ1) is 15.5. The molecule has 0 fully saturated rings. The van der Waals surface area contributed by atoms with E-state index in [4.69, 9.17) is 0 Å². The van der Waals surface area contributed by atoms with Crippen LogP contribution in [0.4, 0.5) is 26.3 Å². The van der Waals surface area contributed by atoms with Crippen LogP contribution in [0.25, 0.3) is 0 Å². The Morgan fingerprint density at radius 1 is 0.875 bits per heavy atom. The molecule has 0 saturated carbocycles. The van der Waals surface area contributed by atoms with Gasteiger partial charge in [-0.3, -0.25) is 0 Å². The number of alkyl halides is 6. The van der Waals surface area contributed by atoms with Crippen LogP contribution >= 0.6 is 0 Å². The van der Waals surface area contributed by atoms with E-state index in [0.29, 0.717) is 6.92 Å². The fourth-order valence-corrected chi connectivity index (χ4v) is 0.934. The Kier molecular flexibility index (Phi) is 5.10. The second-order valence-corrected chi connectivity index (χ2v) is 3.81. The molecule has 0 aromatic heterocycles. The third-order valence-corrected chi connectivity index (χ3v) is 1.70. The minimum Gasteiger partial charge on any atom is -0.369 e. The third kappa shape index (κ3) is 7.78. The van der Waals surface area contributed by atoms with Gasteiger partial charge in [0.05, 0.1) is 6.42 Å². The second-order valence-electron chi connectivity index (χ2n) is 3.81. The van der Waals surface area contributed by atoms with Crippen molar-refractivity contribution in [2.24, 2.45) is 0 Å². The van der Waals surface area contributed by atoms with Crippen LogP contribution in [0.15, 0.2) is 0 Å². The molecule has 16 heavy (non-hydrogen) atoms. The molecule has 0 N–H and O–H groups in total. The highest BCUT2D eigenvalue weighted by Crippen LogP contribution is 2.33. The van der Waals surface area contributed by atoms with Gasteiger partial charge in [0.15, 0.2) is 0 Å². The third-order valence-electron chi connectivity index (χ3n) is 1.70. The van der Waals surface area contributed by atoms with Crippen LogP contribution in [0.3, 0.4) is 0 Å². The SMILES string of the molecule is CCC(F)(F)CC(F)(F)COCC(C)(F)F. The Morgan fingerprint density at radius 2 is 1.38 bits per heavy atom. The van der Waals surface area contributed by atoms with Crippen LogP contribution in [0, 0.1) is 0 Å². The van der Waals surface area contributed by atoms with Gasteiger partial charge in [-0.05, 0) is 0 Å². The molecule has 0 aliphatic carbocycles. The zero-order valence-electron chi connectivity index (χ0n) is 9.00. The smallest absolute Gasteiger partial charge is 0.276 e. The van der Waals surface area contributed by atoms with E-state index in [0.717, 1.165) is 6.92 Å². The summed E-state index contributed by atoms with van der Waals surface area (Å²) < 4.78 is 79.3. The van der Waals surface area contributed by atoms with Gasteiger partial charge in [-0.2, -0.15) is 0 Å². The van der Waals surface area contributed by atoms with Gasteiger partial charge in [0.2, 0.25) is 0 Å². The first-order chi connectivity index (χ1) is 6.97. The highest BCUT2D eigenvalue weighted by Gasteiger charge is 2.42. The minimum absolute atomic E-state index is 0.492. The van der Waals surface area contributed by atoms with Crippen LogP contribution in [0.1, 0.15) is 26.7 Å². The largest absolute Gasteiger partial charge is 0.369 e. The lowest BCUT2D eigenvalue weighted by Crippen LogP contribution is -2.34. The molecule has 98 valence electrons. The summed E-state index contributed by atoms with van der Waals surface area (Å²) in [5.74, 6) is -10.6. The Hall–Kier alpha value is -0.460. The molecule has 0 unspecified atom stereocenters. The topological polar surface area (TPSA) is 9.23 Å². The van der Waals surface area contributed by atoms with E-state index in [1.165, 1.54) is 0 Å². The van der Waals surface area contributed by atoms with E-state index in [-0.39, 0.29) is 0 Å². The molecule has 0 amide bonds. The van der Waals surface area contributed by atoms with Gasteiger partial charge >= 0.3 is 0 Å². The lowest BCUT2D eigenvalue weighted by Gasteiger charge is -2.22. The van der Waals surface area contributed by atoms with Gasteiger partial charge in [-0.1, -0.05) is 6.92 Å². The first-order valence-electron chi connectivity index (χ1n) is 4.69. The summed E-state index contributed by atoms with van der Waals surface area (Å²) in [6.45, 7) is -1.07. The van der Waals surface area contributed by atoms with Crippen LogP contribution in [0.2, 0.25) is 0 Å². The minimum atomic E-state index is -3.80. The molecule has 0 spiro atoms. The Bertz CT molecular complexity index is 211.